The van der Waals surface area contributed by atoms with Crippen LogP contribution in [-0.2, 0) is 14.4 Å². The zero-order valence-electron chi connectivity index (χ0n) is 17.4. The predicted molar refractivity (Wildman–Crippen MR) is 122 cm³/mol. The SMILES string of the molecule is CN1C(=O)CC(Sc2ccc(NC(=O)C(=O)c3cccc4cccc(C(=O)O)c34)cc2)C1=O. The Morgan fingerprint density at radius 2 is 1.61 bits per heavy atom. The highest BCUT2D eigenvalue weighted by atomic mass is 32.2. The molecule has 3 amide bonds. The first-order chi connectivity index (χ1) is 15.8. The molecule has 8 nitrogen and oxygen atoms in total. The normalized spacial score (nSPS) is 15.7. The third-order valence-electron chi connectivity index (χ3n) is 5.32. The van der Waals surface area contributed by atoms with Crippen molar-refractivity contribution in [3.63, 3.8) is 0 Å². The number of carbonyl (C=O) groups excluding carboxylic acids is 4. The van der Waals surface area contributed by atoms with Gasteiger partial charge in [-0.1, -0.05) is 30.3 Å². The van der Waals surface area contributed by atoms with Crippen molar-refractivity contribution in [1.82, 2.24) is 4.90 Å². The Kier molecular flexibility index (Phi) is 5.97. The maximum Gasteiger partial charge on any atom is 0.336 e. The lowest BCUT2D eigenvalue weighted by molar-refractivity contribution is -0.136. The van der Waals surface area contributed by atoms with Gasteiger partial charge in [-0.25, -0.2) is 4.79 Å². The number of fused-ring (bicyclic) bond motifs is 1. The van der Waals surface area contributed by atoms with Crippen molar-refractivity contribution >= 4 is 57.7 Å². The van der Waals surface area contributed by atoms with Gasteiger partial charge < -0.3 is 10.4 Å². The van der Waals surface area contributed by atoms with E-state index in [1.54, 1.807) is 48.5 Å². The molecule has 33 heavy (non-hydrogen) atoms. The number of carbonyl (C=O) groups is 5. The molecule has 9 heteroatoms. The van der Waals surface area contributed by atoms with Crippen LogP contribution in [-0.4, -0.2) is 51.8 Å². The number of benzene rings is 3. The predicted octanol–water partition coefficient (Wildman–Crippen LogP) is 3.21. The average molecular weight is 462 g/mol. The maximum atomic E-state index is 12.8. The summed E-state index contributed by atoms with van der Waals surface area (Å²) in [4.78, 5) is 62.6. The number of imide groups is 1. The summed E-state index contributed by atoms with van der Waals surface area (Å²) in [5.74, 6) is -3.42. The minimum Gasteiger partial charge on any atom is -0.478 e. The number of aromatic carboxylic acids is 1. The van der Waals surface area contributed by atoms with E-state index in [4.69, 9.17) is 0 Å². The largest absolute Gasteiger partial charge is 0.478 e. The van der Waals surface area contributed by atoms with Crippen molar-refractivity contribution in [2.75, 3.05) is 12.4 Å². The molecule has 1 unspecified atom stereocenters. The molecule has 0 radical (unpaired) electrons. The van der Waals surface area contributed by atoms with E-state index in [1.165, 1.54) is 30.9 Å². The number of Topliss-reactive ketones (excluding diaryl/α,β-unsaturated/α-hetero) is 1. The van der Waals surface area contributed by atoms with Crippen molar-refractivity contribution in [1.29, 1.82) is 0 Å². The molecule has 3 aromatic carbocycles. The number of anilines is 1. The Balaban J connectivity index is 1.50. The first kappa shape index (κ1) is 22.2. The highest BCUT2D eigenvalue weighted by Crippen LogP contribution is 2.31. The number of carboxylic acid groups (broad SMARTS) is 1. The molecule has 3 aromatic rings. The van der Waals surface area contributed by atoms with Gasteiger partial charge >= 0.3 is 5.97 Å². The molecule has 1 aliphatic heterocycles. The van der Waals surface area contributed by atoms with Crippen molar-refractivity contribution < 1.29 is 29.1 Å². The van der Waals surface area contributed by atoms with Crippen LogP contribution in [0.15, 0.2) is 65.6 Å². The second kappa shape index (κ2) is 8.87. The molecule has 166 valence electrons. The number of thioether (sulfide) groups is 1. The lowest BCUT2D eigenvalue weighted by Gasteiger charge is -2.11. The van der Waals surface area contributed by atoms with Gasteiger partial charge in [-0.15, -0.1) is 11.8 Å². The highest BCUT2D eigenvalue weighted by Gasteiger charge is 2.36. The molecule has 0 bridgehead atoms. The monoisotopic (exact) mass is 462 g/mol. The molecular formula is C24H18N2O6S. The summed E-state index contributed by atoms with van der Waals surface area (Å²) in [5, 5.41) is 12.3. The Hall–Kier alpha value is -3.98. The molecular weight excluding hydrogens is 444 g/mol. The number of carboxylic acids is 1. The Morgan fingerprint density at radius 1 is 0.970 bits per heavy atom. The van der Waals surface area contributed by atoms with Gasteiger partial charge in [0, 0.05) is 35.0 Å². The summed E-state index contributed by atoms with van der Waals surface area (Å²) < 4.78 is 0. The lowest BCUT2D eigenvalue weighted by atomic mass is 9.96. The van der Waals surface area contributed by atoms with Gasteiger partial charge in [-0.3, -0.25) is 24.1 Å². The molecule has 1 fully saturated rings. The van der Waals surface area contributed by atoms with Gasteiger partial charge in [-0.05, 0) is 35.7 Å². The number of hydrogen-bond acceptors (Lipinski definition) is 6. The number of nitrogens with one attached hydrogen (secondary N) is 1. The number of likely N-dealkylation sites (tertiary alicyclic amines) is 1. The van der Waals surface area contributed by atoms with Gasteiger partial charge in [0.15, 0.2) is 0 Å². The van der Waals surface area contributed by atoms with Gasteiger partial charge in [-0.2, -0.15) is 0 Å². The number of ketones is 1. The smallest absolute Gasteiger partial charge is 0.336 e. The van der Waals surface area contributed by atoms with Gasteiger partial charge in [0.25, 0.3) is 11.7 Å². The molecule has 0 spiro atoms. The van der Waals surface area contributed by atoms with Gasteiger partial charge in [0.05, 0.1) is 10.8 Å². The first-order valence-electron chi connectivity index (χ1n) is 9.94. The molecule has 1 heterocycles. The van der Waals surface area contributed by atoms with E-state index in [2.05, 4.69) is 5.32 Å². The fraction of sp³-hybridized carbons (Fsp3) is 0.125. The van der Waals surface area contributed by atoms with E-state index < -0.39 is 22.9 Å². The van der Waals surface area contributed by atoms with Gasteiger partial charge in [0.1, 0.15) is 0 Å². The van der Waals surface area contributed by atoms with Crippen LogP contribution in [0.2, 0.25) is 0 Å². The van der Waals surface area contributed by atoms with E-state index in [9.17, 15) is 29.1 Å². The van der Waals surface area contributed by atoms with Crippen LogP contribution in [0.1, 0.15) is 27.1 Å². The van der Waals surface area contributed by atoms with E-state index in [0.29, 0.717) is 11.1 Å². The van der Waals surface area contributed by atoms with Crippen LogP contribution in [0.25, 0.3) is 10.8 Å². The van der Waals surface area contributed by atoms with Crippen molar-refractivity contribution in [3.8, 4) is 0 Å². The molecule has 1 aliphatic rings. The second-order valence-corrected chi connectivity index (χ2v) is 8.70. The average Bonchev–Trinajstić information content (AvgIpc) is 3.05. The minimum absolute atomic E-state index is 0.00343. The minimum atomic E-state index is -1.19. The Morgan fingerprint density at radius 3 is 2.18 bits per heavy atom. The molecule has 2 N–H and O–H groups in total. The van der Waals surface area contributed by atoms with Crippen molar-refractivity contribution in [3.05, 3.63) is 71.8 Å². The molecule has 0 aliphatic carbocycles. The summed E-state index contributed by atoms with van der Waals surface area (Å²) in [7, 11) is 1.45. The number of amides is 3. The molecule has 4 rings (SSSR count). The number of nitrogens with zero attached hydrogens (tertiary/aromatic N) is 1. The van der Waals surface area contributed by atoms with Gasteiger partial charge in [0.2, 0.25) is 11.8 Å². The number of hydrogen-bond donors (Lipinski definition) is 2. The topological polar surface area (TPSA) is 121 Å². The zero-order chi connectivity index (χ0) is 23.7. The van der Waals surface area contributed by atoms with Crippen LogP contribution in [0.5, 0.6) is 0 Å². The summed E-state index contributed by atoms with van der Waals surface area (Å²) in [6.07, 6.45) is 0.135. The summed E-state index contributed by atoms with van der Waals surface area (Å²) in [6.45, 7) is 0. The lowest BCUT2D eigenvalue weighted by Crippen LogP contribution is -2.26. The van der Waals surface area contributed by atoms with E-state index in [1.807, 2.05) is 0 Å². The van der Waals surface area contributed by atoms with Crippen LogP contribution in [0, 0.1) is 0 Å². The molecule has 0 saturated carbocycles. The molecule has 1 atom stereocenters. The fourth-order valence-electron chi connectivity index (χ4n) is 3.61. The number of rotatable bonds is 6. The Bertz CT molecular complexity index is 1310. The van der Waals surface area contributed by atoms with E-state index >= 15 is 0 Å². The third kappa shape index (κ3) is 4.35. The van der Waals surface area contributed by atoms with E-state index in [-0.39, 0.29) is 34.7 Å². The summed E-state index contributed by atoms with van der Waals surface area (Å²) >= 11 is 1.26. The van der Waals surface area contributed by atoms with E-state index in [0.717, 1.165) is 9.80 Å². The van der Waals surface area contributed by atoms with Crippen LogP contribution in [0.3, 0.4) is 0 Å². The second-order valence-electron chi connectivity index (χ2n) is 7.42. The summed E-state index contributed by atoms with van der Waals surface area (Å²) in [6, 6.07) is 15.9. The first-order valence-corrected chi connectivity index (χ1v) is 10.8. The zero-order valence-corrected chi connectivity index (χ0v) is 18.2. The van der Waals surface area contributed by atoms with Crippen LogP contribution in [0.4, 0.5) is 5.69 Å². The quantitative estimate of drug-likeness (QED) is 0.328. The third-order valence-corrected chi connectivity index (χ3v) is 6.51. The van der Waals surface area contributed by atoms with Crippen molar-refractivity contribution in [2.45, 2.75) is 16.6 Å². The Labute approximate surface area is 192 Å². The van der Waals surface area contributed by atoms with Crippen molar-refractivity contribution in [2.24, 2.45) is 0 Å². The molecule has 1 saturated heterocycles. The summed E-state index contributed by atoms with van der Waals surface area (Å²) in [5.41, 5.74) is 0.308. The van der Waals surface area contributed by atoms with Crippen LogP contribution < -0.4 is 5.32 Å². The highest BCUT2D eigenvalue weighted by molar-refractivity contribution is 8.00. The standard InChI is InChI=1S/C24H18N2O6S/c1-26-19(27)12-18(23(26)30)33-15-10-8-14(9-11-15)25-22(29)21(28)16-6-2-4-13-5-3-7-17(20(13)16)24(31)32/h2-11,18H,12H2,1H3,(H,25,29)(H,31,32). The fourth-order valence-corrected chi connectivity index (χ4v) is 4.72. The maximum absolute atomic E-state index is 12.8. The van der Waals surface area contributed by atoms with Crippen LogP contribution >= 0.6 is 11.8 Å². The molecule has 0 aromatic heterocycles.